The molecule has 0 saturated heterocycles. The molecule has 11 heteroatoms. The zero-order valence-electron chi connectivity index (χ0n) is 13.2. The van der Waals surface area contributed by atoms with Crippen molar-refractivity contribution in [2.75, 3.05) is 0 Å². The van der Waals surface area contributed by atoms with E-state index in [9.17, 15) is 30.4 Å². The average Bonchev–Trinajstić information content (AvgIpc) is 2.99. The third kappa shape index (κ3) is 3.55. The highest BCUT2D eigenvalue weighted by atomic mass is 32.2. The maximum atomic E-state index is 14.2. The predicted molar refractivity (Wildman–Crippen MR) is 85.3 cm³/mol. The summed E-state index contributed by atoms with van der Waals surface area (Å²) in [5, 5.41) is 8.42. The van der Waals surface area contributed by atoms with Crippen LogP contribution >= 0.6 is 0 Å². The monoisotopic (exact) mass is 403 g/mol. The van der Waals surface area contributed by atoms with Crippen LogP contribution in [0.5, 0.6) is 0 Å². The van der Waals surface area contributed by atoms with Crippen molar-refractivity contribution in [3.8, 4) is 16.9 Å². The van der Waals surface area contributed by atoms with Crippen molar-refractivity contribution in [1.29, 1.82) is 0 Å². The van der Waals surface area contributed by atoms with E-state index in [1.165, 1.54) is 12.1 Å². The lowest BCUT2D eigenvalue weighted by Gasteiger charge is -2.12. The van der Waals surface area contributed by atoms with E-state index in [2.05, 4.69) is 5.10 Å². The first kappa shape index (κ1) is 19.0. The predicted octanol–water partition coefficient (Wildman–Crippen LogP) is 3.48. The number of rotatable bonds is 3. The molecule has 2 N–H and O–H groups in total. The average molecular weight is 403 g/mol. The van der Waals surface area contributed by atoms with Gasteiger partial charge in [0.05, 0.1) is 16.9 Å². The Morgan fingerprint density at radius 2 is 1.56 bits per heavy atom. The minimum absolute atomic E-state index is 0.381. The number of aromatic nitrogens is 2. The van der Waals surface area contributed by atoms with Crippen molar-refractivity contribution < 1.29 is 30.4 Å². The van der Waals surface area contributed by atoms with Crippen molar-refractivity contribution in [1.82, 2.24) is 9.78 Å². The first-order chi connectivity index (χ1) is 12.5. The zero-order chi connectivity index (χ0) is 20.0. The molecule has 142 valence electrons. The topological polar surface area (TPSA) is 78.0 Å². The number of nitrogens with two attached hydrogens (primary N) is 1. The van der Waals surface area contributed by atoms with Crippen LogP contribution in [-0.2, 0) is 16.2 Å². The number of sulfonamides is 1. The van der Waals surface area contributed by atoms with Gasteiger partial charge in [0.15, 0.2) is 5.69 Å². The summed E-state index contributed by atoms with van der Waals surface area (Å²) in [5.74, 6) is -2.28. The highest BCUT2D eigenvalue weighted by Crippen LogP contribution is 2.36. The first-order valence-corrected chi connectivity index (χ1v) is 8.78. The number of primary sulfonamides is 1. The van der Waals surface area contributed by atoms with Gasteiger partial charge in [-0.25, -0.2) is 27.0 Å². The van der Waals surface area contributed by atoms with Crippen molar-refractivity contribution in [3.05, 3.63) is 65.9 Å². The van der Waals surface area contributed by atoms with Crippen LogP contribution in [0.25, 0.3) is 16.9 Å². The zero-order valence-corrected chi connectivity index (χ0v) is 14.0. The van der Waals surface area contributed by atoms with Gasteiger partial charge in [0, 0.05) is 0 Å². The lowest BCUT2D eigenvalue weighted by Crippen LogP contribution is -2.16. The molecule has 1 aromatic heterocycles. The summed E-state index contributed by atoms with van der Waals surface area (Å²) in [6, 6.07) is 7.96. The molecule has 27 heavy (non-hydrogen) atoms. The van der Waals surface area contributed by atoms with Gasteiger partial charge in [0.2, 0.25) is 10.0 Å². The summed E-state index contributed by atoms with van der Waals surface area (Å²) in [5.41, 5.74) is -3.24. The number of alkyl halides is 3. The molecule has 0 saturated carbocycles. The van der Waals surface area contributed by atoms with E-state index in [0.29, 0.717) is 10.7 Å². The Labute approximate surface area is 149 Å². The summed E-state index contributed by atoms with van der Waals surface area (Å²) in [6.45, 7) is 0. The quantitative estimate of drug-likeness (QED) is 0.680. The minimum Gasteiger partial charge on any atom is -0.231 e. The normalized spacial score (nSPS) is 12.4. The van der Waals surface area contributed by atoms with Crippen molar-refractivity contribution in [2.45, 2.75) is 11.1 Å². The highest BCUT2D eigenvalue weighted by Gasteiger charge is 2.36. The van der Waals surface area contributed by atoms with Gasteiger partial charge in [0.25, 0.3) is 0 Å². The number of hydrogen-bond donors (Lipinski definition) is 1. The Morgan fingerprint density at radius 1 is 0.963 bits per heavy atom. The number of benzene rings is 2. The second kappa shape index (κ2) is 6.43. The molecular weight excluding hydrogens is 393 g/mol. The van der Waals surface area contributed by atoms with E-state index >= 15 is 0 Å². The second-order valence-electron chi connectivity index (χ2n) is 5.43. The lowest BCUT2D eigenvalue weighted by molar-refractivity contribution is -0.141. The van der Waals surface area contributed by atoms with E-state index < -0.39 is 49.7 Å². The third-order valence-corrected chi connectivity index (χ3v) is 4.58. The van der Waals surface area contributed by atoms with Gasteiger partial charge in [-0.05, 0) is 30.3 Å². The van der Waals surface area contributed by atoms with Gasteiger partial charge < -0.3 is 0 Å². The van der Waals surface area contributed by atoms with Crippen LogP contribution in [0, 0.1) is 11.6 Å². The molecule has 0 atom stereocenters. The molecule has 0 aliphatic heterocycles. The molecule has 0 amide bonds. The molecule has 3 aromatic rings. The summed E-state index contributed by atoms with van der Waals surface area (Å²) in [7, 11) is -4.36. The maximum Gasteiger partial charge on any atom is 0.435 e. The minimum atomic E-state index is -4.93. The summed E-state index contributed by atoms with van der Waals surface area (Å²) in [4.78, 5) is -0.556. The summed E-state index contributed by atoms with van der Waals surface area (Å²) < 4.78 is 91.8. The molecule has 1 heterocycles. The molecule has 0 bridgehead atoms. The van der Waals surface area contributed by atoms with E-state index in [4.69, 9.17) is 5.14 Å². The maximum absolute atomic E-state index is 14.2. The van der Waals surface area contributed by atoms with Gasteiger partial charge in [-0.3, -0.25) is 0 Å². The molecule has 0 radical (unpaired) electrons. The van der Waals surface area contributed by atoms with Gasteiger partial charge in [0.1, 0.15) is 16.5 Å². The first-order valence-electron chi connectivity index (χ1n) is 7.24. The van der Waals surface area contributed by atoms with Crippen molar-refractivity contribution in [3.63, 3.8) is 0 Å². The van der Waals surface area contributed by atoms with Crippen LogP contribution < -0.4 is 5.14 Å². The Bertz CT molecular complexity index is 1100. The summed E-state index contributed by atoms with van der Waals surface area (Å²) in [6.07, 6.45) is -4.93. The number of para-hydroxylation sites is 1. The van der Waals surface area contributed by atoms with E-state index in [0.717, 1.165) is 30.3 Å². The molecular formula is C16H10F5N3O2S. The Balaban J connectivity index is 2.40. The Hall–Kier alpha value is -2.79. The number of nitrogens with zero attached hydrogens (tertiary/aromatic N) is 2. The van der Waals surface area contributed by atoms with Crippen LogP contribution in [0.4, 0.5) is 22.0 Å². The molecule has 0 fully saturated rings. The Kier molecular flexibility index (Phi) is 4.52. The fraction of sp³-hybridized carbons (Fsp3) is 0.0625. The third-order valence-electron chi connectivity index (χ3n) is 3.62. The second-order valence-corrected chi connectivity index (χ2v) is 6.96. The standard InChI is InChI=1S/C16H10F5N3O2S/c17-9-4-3-5-10(18)15(9)12-8-14(16(19,20)21)23-24(12)11-6-1-2-7-13(11)27(22,25)26/h1-8H,(H2,22,25,26). The molecule has 0 aliphatic carbocycles. The van der Waals surface area contributed by atoms with Gasteiger partial charge in [-0.1, -0.05) is 18.2 Å². The lowest BCUT2D eigenvalue weighted by atomic mass is 10.1. The highest BCUT2D eigenvalue weighted by molar-refractivity contribution is 7.89. The fourth-order valence-corrected chi connectivity index (χ4v) is 3.21. The van der Waals surface area contributed by atoms with Crippen LogP contribution in [-0.4, -0.2) is 18.2 Å². The van der Waals surface area contributed by atoms with Crippen molar-refractivity contribution >= 4 is 10.0 Å². The van der Waals surface area contributed by atoms with Crippen molar-refractivity contribution in [2.24, 2.45) is 5.14 Å². The van der Waals surface area contributed by atoms with Crippen LogP contribution in [0.1, 0.15) is 5.69 Å². The molecule has 5 nitrogen and oxygen atoms in total. The number of hydrogen-bond acceptors (Lipinski definition) is 3. The van der Waals surface area contributed by atoms with E-state index in [-0.39, 0.29) is 5.69 Å². The Morgan fingerprint density at radius 3 is 2.11 bits per heavy atom. The fourth-order valence-electron chi connectivity index (χ4n) is 2.50. The SMILES string of the molecule is NS(=O)(=O)c1ccccc1-n1nc(C(F)(F)F)cc1-c1c(F)cccc1F. The smallest absolute Gasteiger partial charge is 0.231 e. The van der Waals surface area contributed by atoms with E-state index in [1.807, 2.05) is 0 Å². The molecule has 0 aliphatic rings. The van der Waals surface area contributed by atoms with Gasteiger partial charge >= 0.3 is 6.18 Å². The van der Waals surface area contributed by atoms with Gasteiger partial charge in [-0.2, -0.15) is 18.3 Å². The van der Waals surface area contributed by atoms with E-state index in [1.54, 1.807) is 0 Å². The van der Waals surface area contributed by atoms with Crippen LogP contribution in [0.15, 0.2) is 53.4 Å². The molecule has 0 spiro atoms. The molecule has 2 aromatic carbocycles. The summed E-state index contributed by atoms with van der Waals surface area (Å²) >= 11 is 0. The largest absolute Gasteiger partial charge is 0.435 e. The van der Waals surface area contributed by atoms with Gasteiger partial charge in [-0.15, -0.1) is 0 Å². The van der Waals surface area contributed by atoms with Crippen LogP contribution in [0.3, 0.4) is 0 Å². The number of halogens is 5. The molecule has 3 rings (SSSR count). The van der Waals surface area contributed by atoms with Crippen LogP contribution in [0.2, 0.25) is 0 Å². The molecule has 0 unspecified atom stereocenters.